The topological polar surface area (TPSA) is 49.3 Å². The zero-order chi connectivity index (χ0) is 19.0. The highest BCUT2D eigenvalue weighted by atomic mass is 127. The van der Waals surface area contributed by atoms with Crippen LogP contribution in [0, 0.1) is 11.3 Å². The summed E-state index contributed by atoms with van der Waals surface area (Å²) in [5.74, 6) is 2.58. The first-order valence-corrected chi connectivity index (χ1v) is 10.0. The molecule has 3 atom stereocenters. The monoisotopic (exact) mass is 500 g/mol. The minimum atomic E-state index is 0. The van der Waals surface area contributed by atoms with Crippen LogP contribution in [0.4, 0.5) is 5.69 Å². The van der Waals surface area contributed by atoms with Crippen molar-refractivity contribution in [2.75, 3.05) is 51.8 Å². The maximum Gasteiger partial charge on any atom is 0.194 e. The molecule has 7 heteroatoms. The van der Waals surface area contributed by atoms with Gasteiger partial charge in [0.2, 0.25) is 0 Å². The van der Waals surface area contributed by atoms with E-state index < -0.39 is 0 Å². The van der Waals surface area contributed by atoms with Crippen LogP contribution in [-0.2, 0) is 4.74 Å². The fourth-order valence-electron chi connectivity index (χ4n) is 5.10. The van der Waals surface area contributed by atoms with Crippen molar-refractivity contribution in [2.45, 2.75) is 32.4 Å². The van der Waals surface area contributed by atoms with Crippen molar-refractivity contribution in [1.82, 2.24) is 10.2 Å². The number of nitrogens with one attached hydrogen (secondary N) is 1. The van der Waals surface area contributed by atoms with Crippen molar-refractivity contribution in [3.05, 3.63) is 24.3 Å². The molecular formula is C21H33IN4O2. The molecule has 1 aliphatic carbocycles. The lowest BCUT2D eigenvalue weighted by Gasteiger charge is -2.55. The molecule has 0 amide bonds. The lowest BCUT2D eigenvalue weighted by atomic mass is 9.57. The lowest BCUT2D eigenvalue weighted by molar-refractivity contribution is -0.107. The number of rotatable bonds is 3. The van der Waals surface area contributed by atoms with E-state index in [1.54, 1.807) is 7.11 Å². The number of para-hydroxylation sites is 2. The van der Waals surface area contributed by atoms with Crippen LogP contribution in [0.25, 0.3) is 0 Å². The number of halogens is 1. The van der Waals surface area contributed by atoms with E-state index in [0.717, 1.165) is 50.9 Å². The van der Waals surface area contributed by atoms with Crippen molar-refractivity contribution in [3.63, 3.8) is 0 Å². The molecule has 156 valence electrons. The van der Waals surface area contributed by atoms with Gasteiger partial charge < -0.3 is 24.6 Å². The molecule has 28 heavy (non-hydrogen) atoms. The van der Waals surface area contributed by atoms with Crippen molar-refractivity contribution in [1.29, 1.82) is 0 Å². The minimum absolute atomic E-state index is 0. The zero-order valence-corrected chi connectivity index (χ0v) is 19.7. The minimum Gasteiger partial charge on any atom is -0.495 e. The van der Waals surface area contributed by atoms with Gasteiger partial charge in [0.25, 0.3) is 0 Å². The molecular weight excluding hydrogens is 467 g/mol. The molecule has 1 saturated carbocycles. The van der Waals surface area contributed by atoms with Crippen LogP contribution in [-0.4, -0.2) is 69.9 Å². The van der Waals surface area contributed by atoms with Gasteiger partial charge in [0.05, 0.1) is 18.9 Å². The second-order valence-corrected chi connectivity index (χ2v) is 8.38. The Bertz CT molecular complexity index is 703. The number of aliphatic imine (C=N–C) groups is 1. The van der Waals surface area contributed by atoms with Crippen molar-refractivity contribution in [2.24, 2.45) is 16.3 Å². The second kappa shape index (κ2) is 8.65. The average Bonchev–Trinajstić information content (AvgIpc) is 3.16. The molecule has 0 radical (unpaired) electrons. The summed E-state index contributed by atoms with van der Waals surface area (Å²) in [4.78, 5) is 9.37. The predicted octanol–water partition coefficient (Wildman–Crippen LogP) is 2.82. The lowest BCUT2D eigenvalue weighted by Crippen LogP contribution is -2.68. The number of benzene rings is 1. The summed E-state index contributed by atoms with van der Waals surface area (Å²) in [6, 6.07) is 8.70. The first kappa shape index (κ1) is 21.5. The largest absolute Gasteiger partial charge is 0.495 e. The number of guanidine groups is 1. The van der Waals surface area contributed by atoms with Crippen molar-refractivity contribution >= 4 is 35.6 Å². The SMILES string of the molecule is CN=C(NC1C2CCOC2C1(C)C)N1CCN(c2ccccc2OC)CC1.I. The maximum absolute atomic E-state index is 5.93. The summed E-state index contributed by atoms with van der Waals surface area (Å²) in [6.45, 7) is 9.35. The summed E-state index contributed by atoms with van der Waals surface area (Å²) in [5, 5.41) is 3.76. The van der Waals surface area contributed by atoms with Crippen LogP contribution in [0.15, 0.2) is 29.3 Å². The fraction of sp³-hybridized carbons (Fsp3) is 0.667. The Morgan fingerprint density at radius 1 is 1.21 bits per heavy atom. The quantitative estimate of drug-likeness (QED) is 0.393. The third-order valence-corrected chi connectivity index (χ3v) is 6.60. The van der Waals surface area contributed by atoms with E-state index in [1.807, 2.05) is 19.2 Å². The van der Waals surface area contributed by atoms with E-state index in [-0.39, 0.29) is 29.4 Å². The van der Waals surface area contributed by atoms with Gasteiger partial charge in [-0.2, -0.15) is 0 Å². The van der Waals surface area contributed by atoms with Gasteiger partial charge in [-0.05, 0) is 18.6 Å². The molecule has 0 bridgehead atoms. The number of ether oxygens (including phenoxy) is 2. The Labute approximate surface area is 185 Å². The highest BCUT2D eigenvalue weighted by Gasteiger charge is 2.59. The molecule has 2 heterocycles. The Hall–Kier alpha value is -1.22. The molecule has 3 unspecified atom stereocenters. The number of hydrogen-bond donors (Lipinski definition) is 1. The second-order valence-electron chi connectivity index (χ2n) is 8.38. The molecule has 2 aliphatic heterocycles. The van der Waals surface area contributed by atoms with Crippen molar-refractivity contribution in [3.8, 4) is 5.75 Å². The van der Waals surface area contributed by atoms with Crippen LogP contribution in [0.1, 0.15) is 20.3 Å². The first-order valence-electron chi connectivity index (χ1n) is 10.0. The highest BCUT2D eigenvalue weighted by Crippen LogP contribution is 2.52. The van der Waals surface area contributed by atoms with Crippen molar-refractivity contribution < 1.29 is 9.47 Å². The molecule has 3 aliphatic rings. The molecule has 1 N–H and O–H groups in total. The van der Waals surface area contributed by atoms with Crippen LogP contribution in [0.5, 0.6) is 5.75 Å². The van der Waals surface area contributed by atoms with E-state index in [0.29, 0.717) is 18.1 Å². The highest BCUT2D eigenvalue weighted by molar-refractivity contribution is 14.0. The molecule has 6 nitrogen and oxygen atoms in total. The van der Waals surface area contributed by atoms with Gasteiger partial charge in [0, 0.05) is 57.2 Å². The van der Waals surface area contributed by atoms with E-state index in [2.05, 4.69) is 46.1 Å². The number of anilines is 1. The normalized spacial score (nSPS) is 28.9. The summed E-state index contributed by atoms with van der Waals surface area (Å²) in [5.41, 5.74) is 1.34. The molecule has 0 aromatic heterocycles. The van der Waals surface area contributed by atoms with E-state index in [1.165, 1.54) is 5.69 Å². The first-order chi connectivity index (χ1) is 13.1. The zero-order valence-electron chi connectivity index (χ0n) is 17.4. The molecule has 3 fully saturated rings. The molecule has 4 rings (SSSR count). The Kier molecular flexibility index (Phi) is 6.64. The van der Waals surface area contributed by atoms with E-state index in [9.17, 15) is 0 Å². The summed E-state index contributed by atoms with van der Waals surface area (Å²) in [7, 11) is 3.63. The molecule has 1 aromatic rings. The van der Waals surface area contributed by atoms with Crippen LogP contribution >= 0.6 is 24.0 Å². The Balaban J connectivity index is 0.00000225. The Morgan fingerprint density at radius 2 is 1.93 bits per heavy atom. The number of piperazine rings is 1. The molecule has 1 aromatic carbocycles. The molecule has 0 spiro atoms. The Morgan fingerprint density at radius 3 is 2.61 bits per heavy atom. The van der Waals surface area contributed by atoms with E-state index >= 15 is 0 Å². The smallest absolute Gasteiger partial charge is 0.194 e. The van der Waals surface area contributed by atoms with Gasteiger partial charge in [-0.3, -0.25) is 4.99 Å². The number of hydrogen-bond acceptors (Lipinski definition) is 4. The van der Waals surface area contributed by atoms with Crippen LogP contribution in [0.2, 0.25) is 0 Å². The number of fused-ring (bicyclic) bond motifs is 1. The van der Waals surface area contributed by atoms with Crippen LogP contribution < -0.4 is 15.0 Å². The van der Waals surface area contributed by atoms with Crippen LogP contribution in [0.3, 0.4) is 0 Å². The van der Waals surface area contributed by atoms with Gasteiger partial charge in [-0.1, -0.05) is 26.0 Å². The van der Waals surface area contributed by atoms with Gasteiger partial charge in [0.15, 0.2) is 5.96 Å². The molecule has 2 saturated heterocycles. The van der Waals surface area contributed by atoms with Gasteiger partial charge in [-0.15, -0.1) is 24.0 Å². The number of methoxy groups -OCH3 is 1. The summed E-state index contributed by atoms with van der Waals surface area (Å²) < 4.78 is 11.5. The van der Waals surface area contributed by atoms with Gasteiger partial charge >= 0.3 is 0 Å². The average molecular weight is 500 g/mol. The number of nitrogens with zero attached hydrogens (tertiary/aromatic N) is 3. The third-order valence-electron chi connectivity index (χ3n) is 6.60. The maximum atomic E-state index is 5.93. The van der Waals surface area contributed by atoms with E-state index in [4.69, 9.17) is 9.47 Å². The summed E-state index contributed by atoms with van der Waals surface area (Å²) in [6.07, 6.45) is 1.56. The standard InChI is InChI=1S/C21H32N4O2.HI/c1-21(2)18(15-9-14-27-19(15)21)23-20(22-3)25-12-10-24(11-13-25)16-7-5-6-8-17(16)26-4;/h5-8,15,18-19H,9-14H2,1-4H3,(H,22,23);1H. The predicted molar refractivity (Wildman–Crippen MR) is 124 cm³/mol. The summed E-state index contributed by atoms with van der Waals surface area (Å²) >= 11 is 0. The van der Waals surface area contributed by atoms with Gasteiger partial charge in [-0.25, -0.2) is 0 Å². The third kappa shape index (κ3) is 3.67. The fourth-order valence-corrected chi connectivity index (χ4v) is 5.10. The van der Waals surface area contributed by atoms with Gasteiger partial charge in [0.1, 0.15) is 5.75 Å².